The fourth-order valence-electron chi connectivity index (χ4n) is 5.46. The Morgan fingerprint density at radius 2 is 1.41 bits per heavy atom. The van der Waals surface area contributed by atoms with Gasteiger partial charge in [0.1, 0.15) is 5.75 Å². The number of β-amino-alcohol motifs (C(OH)–C–C–N with tert-alkyl or cyclic N) is 2. The molecule has 2 saturated heterocycles. The number of hydrogen-bond donors (Lipinski definition) is 2. The number of ether oxygens (including phenoxy) is 1. The van der Waals surface area contributed by atoms with Gasteiger partial charge in [0.2, 0.25) is 0 Å². The lowest BCUT2D eigenvalue weighted by Crippen LogP contribution is -2.24. The third-order valence-electron chi connectivity index (χ3n) is 7.56. The zero-order valence-corrected chi connectivity index (χ0v) is 21.0. The van der Waals surface area contributed by atoms with Crippen molar-refractivity contribution in [1.29, 1.82) is 0 Å². The number of hydrogen-bond acceptors (Lipinski definition) is 5. The predicted molar refractivity (Wildman–Crippen MR) is 139 cm³/mol. The second-order valence-corrected chi connectivity index (χ2v) is 10.2. The molecule has 0 aliphatic carbocycles. The maximum Gasteiger partial charge on any atom is 0.122 e. The number of aliphatic hydroxyl groups excluding tert-OH is 2. The van der Waals surface area contributed by atoms with Gasteiger partial charge < -0.3 is 24.7 Å². The highest BCUT2D eigenvalue weighted by molar-refractivity contribution is 5.73. The van der Waals surface area contributed by atoms with Gasteiger partial charge >= 0.3 is 0 Å². The van der Waals surface area contributed by atoms with Gasteiger partial charge in [0.15, 0.2) is 0 Å². The van der Waals surface area contributed by atoms with Gasteiger partial charge in [0.05, 0.1) is 18.8 Å². The van der Waals surface area contributed by atoms with Crippen molar-refractivity contribution < 1.29 is 14.9 Å². The van der Waals surface area contributed by atoms with Crippen molar-refractivity contribution in [3.8, 4) is 16.9 Å². The van der Waals surface area contributed by atoms with E-state index in [-0.39, 0.29) is 12.2 Å². The second-order valence-electron chi connectivity index (χ2n) is 10.2. The number of rotatable bonds is 11. The van der Waals surface area contributed by atoms with Crippen molar-refractivity contribution in [3.05, 3.63) is 53.1 Å². The van der Waals surface area contributed by atoms with E-state index in [2.05, 4.69) is 60.0 Å². The quantitative estimate of drug-likeness (QED) is 0.486. The highest BCUT2D eigenvalue weighted by Gasteiger charge is 2.20. The molecule has 2 heterocycles. The summed E-state index contributed by atoms with van der Waals surface area (Å²) in [6, 6.07) is 13.1. The highest BCUT2D eigenvalue weighted by Crippen LogP contribution is 2.33. The van der Waals surface area contributed by atoms with Gasteiger partial charge in [0, 0.05) is 32.7 Å². The lowest BCUT2D eigenvalue weighted by atomic mass is 9.91. The van der Waals surface area contributed by atoms with Gasteiger partial charge in [-0.1, -0.05) is 30.3 Å². The summed E-state index contributed by atoms with van der Waals surface area (Å²) in [6.07, 6.45) is 5.95. The third kappa shape index (κ3) is 6.60. The Bertz CT molecular complexity index is 856. The maximum absolute atomic E-state index is 9.70. The van der Waals surface area contributed by atoms with Crippen LogP contribution in [0.3, 0.4) is 0 Å². The summed E-state index contributed by atoms with van der Waals surface area (Å²) in [5, 5.41) is 19.4. The summed E-state index contributed by atoms with van der Waals surface area (Å²) >= 11 is 0. The molecule has 0 amide bonds. The zero-order valence-electron chi connectivity index (χ0n) is 21.0. The van der Waals surface area contributed by atoms with Gasteiger partial charge in [0.25, 0.3) is 0 Å². The van der Waals surface area contributed by atoms with Crippen molar-refractivity contribution in [2.24, 2.45) is 0 Å². The highest BCUT2D eigenvalue weighted by atomic mass is 16.5. The van der Waals surface area contributed by atoms with Gasteiger partial charge in [-0.05, 0) is 92.8 Å². The molecule has 0 radical (unpaired) electrons. The van der Waals surface area contributed by atoms with Crippen LogP contribution in [0.2, 0.25) is 0 Å². The molecule has 2 aliphatic heterocycles. The van der Waals surface area contributed by atoms with E-state index in [0.717, 1.165) is 70.7 Å². The molecule has 186 valence electrons. The Morgan fingerprint density at radius 3 is 2.06 bits per heavy atom. The zero-order chi connectivity index (χ0) is 23.9. The Morgan fingerprint density at radius 1 is 0.794 bits per heavy atom. The van der Waals surface area contributed by atoms with Crippen LogP contribution in [-0.2, 0) is 6.42 Å². The summed E-state index contributed by atoms with van der Waals surface area (Å²) in [4.78, 5) is 4.71. The Balaban J connectivity index is 1.32. The average molecular weight is 467 g/mol. The van der Waals surface area contributed by atoms with Gasteiger partial charge in [-0.3, -0.25) is 0 Å². The summed E-state index contributed by atoms with van der Waals surface area (Å²) in [6.45, 7) is 10.9. The van der Waals surface area contributed by atoms with Crippen LogP contribution < -0.4 is 4.74 Å². The normalized spacial score (nSPS) is 21.4. The Hall–Kier alpha value is -1.92. The minimum atomic E-state index is -0.155. The number of aliphatic hydroxyl groups is 2. The molecule has 4 rings (SSSR count). The van der Waals surface area contributed by atoms with Crippen LogP contribution in [0.15, 0.2) is 36.4 Å². The first-order valence-electron chi connectivity index (χ1n) is 13.1. The molecule has 2 atom stereocenters. The van der Waals surface area contributed by atoms with E-state index in [1.54, 1.807) is 0 Å². The average Bonchev–Trinajstić information content (AvgIpc) is 3.44. The Labute approximate surface area is 205 Å². The molecule has 2 aliphatic rings. The molecule has 0 saturated carbocycles. The molecule has 5 nitrogen and oxygen atoms in total. The summed E-state index contributed by atoms with van der Waals surface area (Å²) in [5.74, 6) is 0.969. The van der Waals surface area contributed by atoms with Crippen LogP contribution in [0.1, 0.15) is 48.8 Å². The number of likely N-dealkylation sites (tertiary alicyclic amines) is 2. The monoisotopic (exact) mass is 466 g/mol. The molecule has 2 N–H and O–H groups in total. The van der Waals surface area contributed by atoms with Crippen LogP contribution in [0, 0.1) is 13.8 Å². The van der Waals surface area contributed by atoms with Gasteiger partial charge in [-0.2, -0.15) is 0 Å². The van der Waals surface area contributed by atoms with Crippen molar-refractivity contribution in [2.45, 2.75) is 64.6 Å². The first-order valence-corrected chi connectivity index (χ1v) is 13.1. The molecular weight excluding hydrogens is 424 g/mol. The molecule has 2 aromatic carbocycles. The van der Waals surface area contributed by atoms with Crippen LogP contribution in [-0.4, -0.2) is 78.1 Å². The maximum atomic E-state index is 9.70. The molecule has 0 aromatic heterocycles. The van der Waals surface area contributed by atoms with E-state index >= 15 is 0 Å². The van der Waals surface area contributed by atoms with E-state index in [1.807, 2.05) is 0 Å². The van der Waals surface area contributed by atoms with Crippen molar-refractivity contribution >= 4 is 0 Å². The first-order chi connectivity index (χ1) is 16.5. The molecule has 2 fully saturated rings. The van der Waals surface area contributed by atoms with E-state index in [0.29, 0.717) is 6.61 Å². The van der Waals surface area contributed by atoms with Crippen LogP contribution in [0.25, 0.3) is 11.1 Å². The SMILES string of the molecule is Cc1c(CCCCN2CC[C@@H](O)C2)cccc1-c1cccc(OCCCN2CC[C@@H](O)C2)c1C. The van der Waals surface area contributed by atoms with E-state index in [4.69, 9.17) is 4.74 Å². The van der Waals surface area contributed by atoms with E-state index < -0.39 is 0 Å². The van der Waals surface area contributed by atoms with Gasteiger partial charge in [-0.25, -0.2) is 0 Å². The van der Waals surface area contributed by atoms with Crippen molar-refractivity contribution in [3.63, 3.8) is 0 Å². The Kier molecular flexibility index (Phi) is 9.01. The molecule has 34 heavy (non-hydrogen) atoms. The molecule has 0 bridgehead atoms. The van der Waals surface area contributed by atoms with E-state index in [1.165, 1.54) is 40.7 Å². The minimum Gasteiger partial charge on any atom is -0.493 e. The van der Waals surface area contributed by atoms with Crippen LogP contribution in [0.5, 0.6) is 5.75 Å². The molecule has 2 aromatic rings. The summed E-state index contributed by atoms with van der Waals surface area (Å²) in [5.41, 5.74) is 6.55. The summed E-state index contributed by atoms with van der Waals surface area (Å²) < 4.78 is 6.18. The smallest absolute Gasteiger partial charge is 0.122 e. The lowest BCUT2D eigenvalue weighted by Gasteiger charge is -2.18. The van der Waals surface area contributed by atoms with Crippen molar-refractivity contribution in [1.82, 2.24) is 9.80 Å². The third-order valence-corrected chi connectivity index (χ3v) is 7.56. The van der Waals surface area contributed by atoms with E-state index in [9.17, 15) is 10.2 Å². The molecule has 0 unspecified atom stereocenters. The van der Waals surface area contributed by atoms with Gasteiger partial charge in [-0.15, -0.1) is 0 Å². The van der Waals surface area contributed by atoms with Crippen LogP contribution in [0.4, 0.5) is 0 Å². The molecule has 0 spiro atoms. The number of aryl methyl sites for hydroxylation is 1. The standard InChI is InChI=1S/C29H42N2O3/c1-22-24(8-3-4-15-30-17-13-25(32)20-30)9-5-10-27(22)28-11-6-12-29(23(28)2)34-19-7-16-31-18-14-26(33)21-31/h5-6,9-12,25-26,32-33H,3-4,7-8,13-21H2,1-2H3/t25-,26-/m1/s1. The number of benzene rings is 2. The molecular formula is C29H42N2O3. The molecule has 5 heteroatoms. The largest absolute Gasteiger partial charge is 0.493 e. The van der Waals surface area contributed by atoms with Crippen molar-refractivity contribution in [2.75, 3.05) is 45.9 Å². The number of nitrogens with zero attached hydrogens (tertiary/aromatic N) is 2. The predicted octanol–water partition coefficient (Wildman–Crippen LogP) is 4.20. The second kappa shape index (κ2) is 12.2. The fraction of sp³-hybridized carbons (Fsp3) is 0.586. The minimum absolute atomic E-state index is 0.124. The summed E-state index contributed by atoms with van der Waals surface area (Å²) in [7, 11) is 0. The lowest BCUT2D eigenvalue weighted by molar-refractivity contribution is 0.173. The number of unbranched alkanes of at least 4 members (excludes halogenated alkanes) is 1. The van der Waals surface area contributed by atoms with Crippen LogP contribution >= 0.6 is 0 Å². The topological polar surface area (TPSA) is 56.2 Å². The fourth-order valence-corrected chi connectivity index (χ4v) is 5.46. The first kappa shape index (κ1) is 25.2.